The lowest BCUT2D eigenvalue weighted by Crippen LogP contribution is -2.25. The average Bonchev–Trinajstić information content (AvgIpc) is 2.55. The topological polar surface area (TPSA) is 3.24 Å². The van der Waals surface area contributed by atoms with Gasteiger partial charge in [0.2, 0.25) is 0 Å². The van der Waals surface area contributed by atoms with E-state index < -0.39 is 6.17 Å². The van der Waals surface area contributed by atoms with Gasteiger partial charge in [-0.1, -0.05) is 22.6 Å². The molecule has 1 saturated heterocycles. The zero-order valence-corrected chi connectivity index (χ0v) is 9.34. The van der Waals surface area contributed by atoms with Crippen molar-refractivity contribution < 1.29 is 4.39 Å². The van der Waals surface area contributed by atoms with Crippen molar-refractivity contribution in [3.63, 3.8) is 0 Å². The fraction of sp³-hybridized carbons (Fsp3) is 1.00. The van der Waals surface area contributed by atoms with Crippen LogP contribution in [-0.2, 0) is 0 Å². The number of alkyl halides is 2. The number of likely N-dealkylation sites (tertiary alicyclic amines) is 1. The quantitative estimate of drug-likeness (QED) is 0.554. The van der Waals surface area contributed by atoms with Gasteiger partial charge in [-0.05, 0) is 18.8 Å². The molecule has 2 rings (SSSR count). The molecule has 12 heavy (non-hydrogen) atoms. The van der Waals surface area contributed by atoms with Crippen LogP contribution in [0.4, 0.5) is 4.39 Å². The van der Waals surface area contributed by atoms with Gasteiger partial charge in [-0.25, -0.2) is 4.39 Å². The molecule has 3 unspecified atom stereocenters. The first-order valence-electron chi connectivity index (χ1n) is 4.73. The Morgan fingerprint density at radius 1 is 1.33 bits per heavy atom. The number of hydrogen-bond acceptors (Lipinski definition) is 1. The van der Waals surface area contributed by atoms with Crippen LogP contribution >= 0.6 is 22.6 Å². The van der Waals surface area contributed by atoms with Gasteiger partial charge in [-0.2, -0.15) is 0 Å². The molecule has 0 N–H and O–H groups in total. The molecule has 2 fully saturated rings. The minimum atomic E-state index is -0.491. The van der Waals surface area contributed by atoms with Gasteiger partial charge in [0, 0.05) is 30.0 Å². The van der Waals surface area contributed by atoms with E-state index in [-0.39, 0.29) is 0 Å². The molecule has 1 aliphatic carbocycles. The summed E-state index contributed by atoms with van der Waals surface area (Å²) in [6, 6.07) is 0. The lowest BCUT2D eigenvalue weighted by Gasteiger charge is -2.15. The normalized spacial score (nSPS) is 42.0. The molecule has 1 aliphatic heterocycles. The zero-order chi connectivity index (χ0) is 8.55. The standard InChI is InChI=1S/C9H15FIN/c10-9-2-1-7-5-12(4-3-11)6-8(7)9/h7-9H,1-6H2. The Morgan fingerprint density at radius 3 is 2.83 bits per heavy atom. The van der Waals surface area contributed by atoms with E-state index in [4.69, 9.17) is 0 Å². The van der Waals surface area contributed by atoms with Crippen LogP contribution in [0.1, 0.15) is 12.8 Å². The SMILES string of the molecule is FC1CCC2CN(CCI)CC12. The summed E-state index contributed by atoms with van der Waals surface area (Å²) in [5.41, 5.74) is 0. The molecular weight excluding hydrogens is 268 g/mol. The van der Waals surface area contributed by atoms with Gasteiger partial charge in [0.1, 0.15) is 6.17 Å². The summed E-state index contributed by atoms with van der Waals surface area (Å²) in [5, 5.41) is 0. The maximum absolute atomic E-state index is 13.3. The Morgan fingerprint density at radius 2 is 2.17 bits per heavy atom. The van der Waals surface area contributed by atoms with Crippen LogP contribution in [0.2, 0.25) is 0 Å². The van der Waals surface area contributed by atoms with Gasteiger partial charge in [-0.3, -0.25) is 0 Å². The van der Waals surface area contributed by atoms with E-state index in [2.05, 4.69) is 27.5 Å². The molecule has 1 nitrogen and oxygen atoms in total. The van der Waals surface area contributed by atoms with Crippen molar-refractivity contribution in [3.05, 3.63) is 0 Å². The first-order valence-corrected chi connectivity index (χ1v) is 6.26. The van der Waals surface area contributed by atoms with Crippen LogP contribution in [0.15, 0.2) is 0 Å². The number of rotatable bonds is 2. The molecular formula is C9H15FIN. The van der Waals surface area contributed by atoms with Crippen LogP contribution in [0.25, 0.3) is 0 Å². The van der Waals surface area contributed by atoms with Gasteiger partial charge in [0.25, 0.3) is 0 Å². The first-order chi connectivity index (χ1) is 5.81. The van der Waals surface area contributed by atoms with Crippen LogP contribution < -0.4 is 0 Å². The first kappa shape index (κ1) is 9.19. The summed E-state index contributed by atoms with van der Waals surface area (Å²) in [5.74, 6) is 1.07. The van der Waals surface area contributed by atoms with Gasteiger partial charge >= 0.3 is 0 Å². The summed E-state index contributed by atoms with van der Waals surface area (Å²) in [6.07, 6.45) is 1.46. The van der Waals surface area contributed by atoms with E-state index in [0.29, 0.717) is 11.8 Å². The minimum Gasteiger partial charge on any atom is -0.302 e. The van der Waals surface area contributed by atoms with Crippen molar-refractivity contribution in [2.75, 3.05) is 24.1 Å². The molecule has 2 aliphatic rings. The Balaban J connectivity index is 1.90. The van der Waals surface area contributed by atoms with Gasteiger partial charge in [0.15, 0.2) is 0 Å². The van der Waals surface area contributed by atoms with Crippen molar-refractivity contribution in [2.24, 2.45) is 11.8 Å². The summed E-state index contributed by atoms with van der Waals surface area (Å²) in [6.45, 7) is 3.34. The largest absolute Gasteiger partial charge is 0.302 e. The van der Waals surface area contributed by atoms with Crippen molar-refractivity contribution in [3.8, 4) is 0 Å². The summed E-state index contributed by atoms with van der Waals surface area (Å²) in [4.78, 5) is 2.42. The maximum atomic E-state index is 13.3. The predicted molar refractivity (Wildman–Crippen MR) is 56.4 cm³/mol. The monoisotopic (exact) mass is 283 g/mol. The van der Waals surface area contributed by atoms with E-state index in [9.17, 15) is 4.39 Å². The third-order valence-electron chi connectivity index (χ3n) is 3.25. The van der Waals surface area contributed by atoms with E-state index >= 15 is 0 Å². The Bertz CT molecular complexity index is 165. The highest BCUT2D eigenvalue weighted by molar-refractivity contribution is 14.1. The fourth-order valence-electron chi connectivity index (χ4n) is 2.59. The number of nitrogens with zero attached hydrogens (tertiary/aromatic N) is 1. The minimum absolute atomic E-state index is 0.382. The predicted octanol–water partition coefficient (Wildman–Crippen LogP) is 2.10. The fourth-order valence-corrected chi connectivity index (χ4v) is 3.28. The number of halogens is 2. The van der Waals surface area contributed by atoms with Gasteiger partial charge < -0.3 is 4.90 Å². The number of hydrogen-bond donors (Lipinski definition) is 0. The van der Waals surface area contributed by atoms with E-state index in [1.807, 2.05) is 0 Å². The van der Waals surface area contributed by atoms with Crippen molar-refractivity contribution in [1.29, 1.82) is 0 Å². The van der Waals surface area contributed by atoms with Crippen LogP contribution in [0.5, 0.6) is 0 Å². The zero-order valence-electron chi connectivity index (χ0n) is 7.18. The molecule has 0 radical (unpaired) electrons. The lowest BCUT2D eigenvalue weighted by atomic mass is 10.0. The molecule has 0 aromatic rings. The lowest BCUT2D eigenvalue weighted by molar-refractivity contribution is 0.238. The highest BCUT2D eigenvalue weighted by Crippen LogP contribution is 2.39. The number of fused-ring (bicyclic) bond motifs is 1. The van der Waals surface area contributed by atoms with Gasteiger partial charge in [0.05, 0.1) is 0 Å². The molecule has 0 spiro atoms. The van der Waals surface area contributed by atoms with Crippen molar-refractivity contribution in [1.82, 2.24) is 4.90 Å². The van der Waals surface area contributed by atoms with Crippen molar-refractivity contribution in [2.45, 2.75) is 19.0 Å². The molecule has 70 valence electrons. The summed E-state index contributed by atoms with van der Waals surface area (Å²) >= 11 is 2.39. The third-order valence-corrected chi connectivity index (χ3v) is 3.73. The Labute approximate surface area is 86.8 Å². The maximum Gasteiger partial charge on any atom is 0.104 e. The molecule has 0 aromatic heterocycles. The van der Waals surface area contributed by atoms with Gasteiger partial charge in [-0.15, -0.1) is 0 Å². The average molecular weight is 283 g/mol. The molecule has 3 atom stereocenters. The third kappa shape index (κ3) is 1.62. The second-order valence-electron chi connectivity index (χ2n) is 3.97. The smallest absolute Gasteiger partial charge is 0.104 e. The van der Waals surface area contributed by atoms with Crippen LogP contribution in [0, 0.1) is 11.8 Å². The van der Waals surface area contributed by atoms with E-state index in [1.165, 1.54) is 4.43 Å². The molecule has 0 amide bonds. The molecule has 0 bridgehead atoms. The molecule has 1 heterocycles. The van der Waals surface area contributed by atoms with E-state index in [1.54, 1.807) is 0 Å². The van der Waals surface area contributed by atoms with E-state index in [0.717, 1.165) is 32.5 Å². The highest BCUT2D eigenvalue weighted by atomic mass is 127. The highest BCUT2D eigenvalue weighted by Gasteiger charge is 2.42. The second kappa shape index (κ2) is 3.78. The molecule has 3 heteroatoms. The van der Waals surface area contributed by atoms with Crippen LogP contribution in [0.3, 0.4) is 0 Å². The van der Waals surface area contributed by atoms with Crippen LogP contribution in [-0.4, -0.2) is 35.1 Å². The Kier molecular flexibility index (Phi) is 2.89. The summed E-state index contributed by atoms with van der Waals surface area (Å²) in [7, 11) is 0. The summed E-state index contributed by atoms with van der Waals surface area (Å²) < 4.78 is 14.4. The van der Waals surface area contributed by atoms with Crippen molar-refractivity contribution >= 4 is 22.6 Å². The Hall–Kier alpha value is 0.620. The molecule has 1 saturated carbocycles. The molecule has 0 aromatic carbocycles. The second-order valence-corrected chi connectivity index (χ2v) is 5.04.